The third-order valence-corrected chi connectivity index (χ3v) is 5.25. The van der Waals surface area contributed by atoms with Crippen LogP contribution in [0, 0.1) is 5.92 Å². The zero-order chi connectivity index (χ0) is 21.2. The van der Waals surface area contributed by atoms with Gasteiger partial charge in [-0.15, -0.1) is 24.0 Å². The molecule has 1 atom stereocenters. The number of ether oxygens (including phenoxy) is 1. The van der Waals surface area contributed by atoms with Crippen LogP contribution in [0.5, 0.6) is 0 Å². The highest BCUT2D eigenvalue weighted by Gasteiger charge is 2.20. The number of halogens is 1. The number of hydrogen-bond acceptors (Lipinski definition) is 3. The molecule has 0 bridgehead atoms. The van der Waals surface area contributed by atoms with Crippen LogP contribution >= 0.6 is 24.0 Å². The SMILES string of the molecule is CN=C(NCC(=O)N1CCc2ccccc2C1)NCC(C)COCc1ccccc1.I. The lowest BCUT2D eigenvalue weighted by Crippen LogP contribution is -2.46. The summed E-state index contributed by atoms with van der Waals surface area (Å²) in [7, 11) is 1.72. The van der Waals surface area contributed by atoms with Gasteiger partial charge in [0.2, 0.25) is 5.91 Å². The average molecular weight is 536 g/mol. The summed E-state index contributed by atoms with van der Waals surface area (Å²) in [4.78, 5) is 18.7. The van der Waals surface area contributed by atoms with Crippen LogP contribution < -0.4 is 10.6 Å². The zero-order valence-electron chi connectivity index (χ0n) is 18.3. The maximum absolute atomic E-state index is 12.6. The van der Waals surface area contributed by atoms with E-state index in [1.54, 1.807) is 7.05 Å². The molecule has 0 aliphatic carbocycles. The van der Waals surface area contributed by atoms with Crippen molar-refractivity contribution in [1.82, 2.24) is 15.5 Å². The number of carbonyl (C=O) groups is 1. The predicted octanol–water partition coefficient (Wildman–Crippen LogP) is 3.21. The van der Waals surface area contributed by atoms with Crippen molar-refractivity contribution >= 4 is 35.8 Å². The van der Waals surface area contributed by atoms with Gasteiger partial charge in [-0.2, -0.15) is 0 Å². The second-order valence-corrected chi connectivity index (χ2v) is 7.75. The molecule has 3 rings (SSSR count). The summed E-state index contributed by atoms with van der Waals surface area (Å²) in [5.41, 5.74) is 3.76. The molecule has 0 spiro atoms. The number of fused-ring (bicyclic) bond motifs is 1. The van der Waals surface area contributed by atoms with Gasteiger partial charge < -0.3 is 20.3 Å². The van der Waals surface area contributed by atoms with Crippen LogP contribution in [0.3, 0.4) is 0 Å². The number of hydrogen-bond donors (Lipinski definition) is 2. The Bertz CT molecular complexity index is 844. The Hall–Kier alpha value is -2.13. The van der Waals surface area contributed by atoms with Crippen molar-refractivity contribution in [2.75, 3.05) is 33.3 Å². The van der Waals surface area contributed by atoms with E-state index in [0.29, 0.717) is 31.6 Å². The number of benzene rings is 2. The Morgan fingerprint density at radius 2 is 1.81 bits per heavy atom. The van der Waals surface area contributed by atoms with Gasteiger partial charge in [0, 0.05) is 26.7 Å². The first-order valence-electron chi connectivity index (χ1n) is 10.6. The van der Waals surface area contributed by atoms with Gasteiger partial charge in [0.1, 0.15) is 0 Å². The minimum atomic E-state index is 0. The molecule has 0 radical (unpaired) electrons. The van der Waals surface area contributed by atoms with Gasteiger partial charge in [-0.1, -0.05) is 61.5 Å². The molecule has 168 valence electrons. The highest BCUT2D eigenvalue weighted by atomic mass is 127. The van der Waals surface area contributed by atoms with Gasteiger partial charge in [0.05, 0.1) is 19.8 Å². The molecule has 2 N–H and O–H groups in total. The van der Waals surface area contributed by atoms with E-state index in [0.717, 1.165) is 19.5 Å². The van der Waals surface area contributed by atoms with E-state index >= 15 is 0 Å². The molecular weight excluding hydrogens is 503 g/mol. The summed E-state index contributed by atoms with van der Waals surface area (Å²) in [6.07, 6.45) is 0.912. The van der Waals surface area contributed by atoms with Crippen molar-refractivity contribution in [2.45, 2.75) is 26.5 Å². The molecule has 2 aromatic rings. The van der Waals surface area contributed by atoms with Crippen LogP contribution in [0.4, 0.5) is 0 Å². The molecule has 1 aliphatic heterocycles. The molecule has 6 nitrogen and oxygen atoms in total. The third-order valence-electron chi connectivity index (χ3n) is 5.25. The maximum Gasteiger partial charge on any atom is 0.242 e. The third kappa shape index (κ3) is 8.14. The fraction of sp³-hybridized carbons (Fsp3) is 0.417. The Kier molecular flexibility index (Phi) is 10.8. The van der Waals surface area contributed by atoms with Gasteiger partial charge in [-0.3, -0.25) is 9.79 Å². The molecule has 0 saturated heterocycles. The molecule has 0 fully saturated rings. The van der Waals surface area contributed by atoms with Gasteiger partial charge in [-0.25, -0.2) is 0 Å². The zero-order valence-corrected chi connectivity index (χ0v) is 20.7. The smallest absolute Gasteiger partial charge is 0.242 e. The van der Waals surface area contributed by atoms with Crippen LogP contribution in [-0.4, -0.2) is 50.1 Å². The van der Waals surface area contributed by atoms with E-state index in [1.807, 2.05) is 29.2 Å². The van der Waals surface area contributed by atoms with Gasteiger partial charge >= 0.3 is 0 Å². The largest absolute Gasteiger partial charge is 0.376 e. The molecule has 7 heteroatoms. The first kappa shape index (κ1) is 25.1. The van der Waals surface area contributed by atoms with Crippen LogP contribution in [0.25, 0.3) is 0 Å². The van der Waals surface area contributed by atoms with Gasteiger partial charge in [-0.05, 0) is 29.0 Å². The summed E-state index contributed by atoms with van der Waals surface area (Å²) in [5, 5.41) is 6.41. The molecule has 1 unspecified atom stereocenters. The first-order valence-corrected chi connectivity index (χ1v) is 10.6. The minimum Gasteiger partial charge on any atom is -0.376 e. The van der Waals surface area contributed by atoms with Gasteiger partial charge in [0.25, 0.3) is 0 Å². The second kappa shape index (κ2) is 13.3. The normalized spacial score (nSPS) is 14.3. The summed E-state index contributed by atoms with van der Waals surface area (Å²) >= 11 is 0. The lowest BCUT2D eigenvalue weighted by atomic mass is 10.00. The molecule has 1 heterocycles. The minimum absolute atomic E-state index is 0. The van der Waals surface area contributed by atoms with Crippen molar-refractivity contribution < 1.29 is 9.53 Å². The molecule has 2 aromatic carbocycles. The van der Waals surface area contributed by atoms with Crippen molar-refractivity contribution in [3.63, 3.8) is 0 Å². The number of rotatable bonds is 8. The summed E-state index contributed by atoms with van der Waals surface area (Å²) in [6.45, 7) is 5.80. The molecule has 1 amide bonds. The van der Waals surface area contributed by atoms with Gasteiger partial charge in [0.15, 0.2) is 5.96 Å². The Morgan fingerprint density at radius 1 is 1.10 bits per heavy atom. The standard InChI is InChI=1S/C24H32N4O2.HI/c1-19(17-30-18-20-8-4-3-5-9-20)14-26-24(25-2)27-15-23(29)28-13-12-21-10-6-7-11-22(21)16-28;/h3-11,19H,12-18H2,1-2H3,(H2,25,26,27);1H. The van der Waals surface area contributed by atoms with Crippen LogP contribution in [-0.2, 0) is 29.1 Å². The number of carbonyl (C=O) groups excluding carboxylic acids is 1. The number of nitrogens with zero attached hydrogens (tertiary/aromatic N) is 2. The second-order valence-electron chi connectivity index (χ2n) is 7.75. The first-order chi connectivity index (χ1) is 14.7. The molecule has 1 aliphatic rings. The molecule has 0 saturated carbocycles. The lowest BCUT2D eigenvalue weighted by Gasteiger charge is -2.29. The van der Waals surface area contributed by atoms with E-state index in [1.165, 1.54) is 16.7 Å². The maximum atomic E-state index is 12.6. The number of guanidine groups is 1. The van der Waals surface area contributed by atoms with E-state index in [2.05, 4.69) is 52.9 Å². The number of nitrogens with one attached hydrogen (secondary N) is 2. The van der Waals surface area contributed by atoms with Crippen LogP contribution in [0.2, 0.25) is 0 Å². The van der Waals surface area contributed by atoms with Crippen LogP contribution in [0.1, 0.15) is 23.6 Å². The van der Waals surface area contributed by atoms with Crippen molar-refractivity contribution in [2.24, 2.45) is 10.9 Å². The summed E-state index contributed by atoms with van der Waals surface area (Å²) in [5.74, 6) is 1.05. The monoisotopic (exact) mass is 536 g/mol. The highest BCUT2D eigenvalue weighted by molar-refractivity contribution is 14.0. The summed E-state index contributed by atoms with van der Waals surface area (Å²) in [6, 6.07) is 18.5. The Labute approximate surface area is 202 Å². The molecular formula is C24H33IN4O2. The lowest BCUT2D eigenvalue weighted by molar-refractivity contribution is -0.130. The fourth-order valence-corrected chi connectivity index (χ4v) is 3.48. The van der Waals surface area contributed by atoms with E-state index < -0.39 is 0 Å². The highest BCUT2D eigenvalue weighted by Crippen LogP contribution is 2.18. The topological polar surface area (TPSA) is 66.0 Å². The average Bonchev–Trinajstić information content (AvgIpc) is 2.79. The van der Waals surface area contributed by atoms with E-state index in [-0.39, 0.29) is 36.4 Å². The van der Waals surface area contributed by atoms with E-state index in [4.69, 9.17) is 4.74 Å². The van der Waals surface area contributed by atoms with Crippen molar-refractivity contribution in [3.8, 4) is 0 Å². The quantitative estimate of drug-likeness (QED) is 0.309. The van der Waals surface area contributed by atoms with Crippen LogP contribution in [0.15, 0.2) is 59.6 Å². The predicted molar refractivity (Wildman–Crippen MR) is 136 cm³/mol. The fourth-order valence-electron chi connectivity index (χ4n) is 3.48. The number of aliphatic imine (C=N–C) groups is 1. The van der Waals surface area contributed by atoms with Crippen molar-refractivity contribution in [3.05, 3.63) is 71.3 Å². The Balaban J connectivity index is 0.00000341. The molecule has 0 aromatic heterocycles. The summed E-state index contributed by atoms with van der Waals surface area (Å²) < 4.78 is 5.79. The van der Waals surface area contributed by atoms with E-state index in [9.17, 15) is 4.79 Å². The molecule has 31 heavy (non-hydrogen) atoms. The Morgan fingerprint density at radius 3 is 2.55 bits per heavy atom. The van der Waals surface area contributed by atoms with Crippen molar-refractivity contribution in [1.29, 1.82) is 0 Å². The number of amides is 1.